The first-order valence-electron chi connectivity index (χ1n) is 11.7. The summed E-state index contributed by atoms with van der Waals surface area (Å²) in [7, 11) is -3.76. The lowest BCUT2D eigenvalue weighted by Gasteiger charge is -2.36. The van der Waals surface area contributed by atoms with E-state index in [4.69, 9.17) is 4.74 Å². The van der Waals surface area contributed by atoms with Crippen LogP contribution in [0.15, 0.2) is 41.3 Å². The van der Waals surface area contributed by atoms with Crippen molar-refractivity contribution in [3.05, 3.63) is 53.1 Å². The lowest BCUT2D eigenvalue weighted by molar-refractivity contribution is -0.137. The molecule has 0 unspecified atom stereocenters. The molecule has 0 spiro atoms. The summed E-state index contributed by atoms with van der Waals surface area (Å²) >= 11 is 0. The van der Waals surface area contributed by atoms with Crippen LogP contribution in [0.4, 0.5) is 5.69 Å². The monoisotopic (exact) mass is 483 g/mol. The summed E-state index contributed by atoms with van der Waals surface area (Å²) in [5.41, 5.74) is 3.51. The molecular weight excluding hydrogens is 454 g/mol. The highest BCUT2D eigenvalue weighted by Crippen LogP contribution is 2.36. The number of ether oxygens (including phenoxy) is 1. The summed E-state index contributed by atoms with van der Waals surface area (Å²) in [6.45, 7) is 5.26. The quantitative estimate of drug-likeness (QED) is 0.724. The van der Waals surface area contributed by atoms with Crippen LogP contribution in [0.1, 0.15) is 36.5 Å². The first-order valence-corrected chi connectivity index (χ1v) is 13.2. The highest BCUT2D eigenvalue weighted by atomic mass is 32.2. The van der Waals surface area contributed by atoms with Crippen molar-refractivity contribution in [2.45, 2.75) is 50.7 Å². The normalized spacial score (nSPS) is 21.3. The molecule has 3 aliphatic heterocycles. The predicted octanol–water partition coefficient (Wildman–Crippen LogP) is 2.70. The number of anilines is 1. The van der Waals surface area contributed by atoms with Crippen molar-refractivity contribution in [3.8, 4) is 5.75 Å². The Balaban J connectivity index is 1.27. The Morgan fingerprint density at radius 1 is 1.09 bits per heavy atom. The molecular formula is C25H29N3O5S. The second kappa shape index (κ2) is 8.70. The van der Waals surface area contributed by atoms with E-state index in [1.165, 1.54) is 21.5 Å². The van der Waals surface area contributed by atoms with Crippen LogP contribution in [0.5, 0.6) is 5.75 Å². The highest BCUT2D eigenvalue weighted by molar-refractivity contribution is 7.89. The Morgan fingerprint density at radius 2 is 1.79 bits per heavy atom. The van der Waals surface area contributed by atoms with Crippen LogP contribution in [0.3, 0.4) is 0 Å². The minimum Gasteiger partial charge on any atom is -0.479 e. The van der Waals surface area contributed by atoms with Gasteiger partial charge in [-0.25, -0.2) is 8.42 Å². The van der Waals surface area contributed by atoms with E-state index in [1.54, 1.807) is 19.9 Å². The number of rotatable bonds is 3. The fourth-order valence-corrected chi connectivity index (χ4v) is 6.74. The summed E-state index contributed by atoms with van der Waals surface area (Å²) in [6, 6.07) is 11.3. The van der Waals surface area contributed by atoms with Crippen molar-refractivity contribution >= 4 is 27.5 Å². The first kappa shape index (κ1) is 22.9. The topological polar surface area (TPSA) is 96.0 Å². The molecule has 1 N–H and O–H groups in total. The zero-order valence-corrected chi connectivity index (χ0v) is 20.2. The van der Waals surface area contributed by atoms with E-state index >= 15 is 0 Å². The average molecular weight is 484 g/mol. The van der Waals surface area contributed by atoms with E-state index < -0.39 is 16.1 Å². The van der Waals surface area contributed by atoms with Crippen molar-refractivity contribution in [2.75, 3.05) is 25.0 Å². The largest absolute Gasteiger partial charge is 0.479 e. The number of piperidine rings is 1. The van der Waals surface area contributed by atoms with E-state index in [2.05, 4.69) is 17.4 Å². The third kappa shape index (κ3) is 4.07. The van der Waals surface area contributed by atoms with Gasteiger partial charge in [0.15, 0.2) is 6.10 Å². The Morgan fingerprint density at radius 3 is 2.53 bits per heavy atom. The first-order chi connectivity index (χ1) is 16.2. The number of hydrogen-bond acceptors (Lipinski definition) is 5. The van der Waals surface area contributed by atoms with Crippen molar-refractivity contribution in [1.29, 1.82) is 0 Å². The van der Waals surface area contributed by atoms with Crippen LogP contribution in [0.25, 0.3) is 0 Å². The molecule has 0 bridgehead atoms. The van der Waals surface area contributed by atoms with Gasteiger partial charge >= 0.3 is 0 Å². The molecule has 2 aromatic rings. The zero-order chi connectivity index (χ0) is 24.0. The smallest absolute Gasteiger partial charge is 0.265 e. The summed E-state index contributed by atoms with van der Waals surface area (Å²) in [4.78, 5) is 27.1. The Kier molecular flexibility index (Phi) is 5.85. The molecule has 1 atom stereocenters. The van der Waals surface area contributed by atoms with E-state index in [-0.39, 0.29) is 22.6 Å². The van der Waals surface area contributed by atoms with Crippen LogP contribution in [0.2, 0.25) is 0 Å². The van der Waals surface area contributed by atoms with Crippen molar-refractivity contribution < 1.29 is 22.7 Å². The maximum atomic E-state index is 13.4. The SMILES string of the molecule is Cc1cc2c(cc1S(=O)(=O)N1CCC(C(=O)N3CCc4ccccc4C3)CC1)O[C@@H](C)C(=O)N2. The standard InChI is InChI=1S/C25H29N3O5S/c1-16-13-21-22(33-17(2)24(29)26-21)14-23(16)34(31,32)28-11-8-19(9-12-28)25(30)27-10-7-18-5-3-4-6-20(18)15-27/h3-6,13-14,17,19H,7-12,15H2,1-2H3,(H,26,29)/t17-/m0/s1. The van der Waals surface area contributed by atoms with Crippen molar-refractivity contribution in [1.82, 2.24) is 9.21 Å². The summed E-state index contributed by atoms with van der Waals surface area (Å²) in [5.74, 6) is 0.0496. The molecule has 8 nitrogen and oxygen atoms in total. The Hall–Kier alpha value is -2.91. The minimum atomic E-state index is -3.76. The van der Waals surface area contributed by atoms with Gasteiger partial charge in [-0.05, 0) is 55.9 Å². The molecule has 0 radical (unpaired) electrons. The number of aryl methyl sites for hydroxylation is 1. The van der Waals surface area contributed by atoms with Gasteiger partial charge in [0.1, 0.15) is 5.75 Å². The van der Waals surface area contributed by atoms with Crippen molar-refractivity contribution in [3.63, 3.8) is 0 Å². The molecule has 3 aliphatic rings. The minimum absolute atomic E-state index is 0.120. The second-order valence-electron chi connectivity index (χ2n) is 9.32. The molecule has 1 saturated heterocycles. The molecule has 180 valence electrons. The van der Waals surface area contributed by atoms with E-state index in [9.17, 15) is 18.0 Å². The van der Waals surface area contributed by atoms with Gasteiger partial charge in [0.25, 0.3) is 5.91 Å². The van der Waals surface area contributed by atoms with Gasteiger partial charge in [0.05, 0.1) is 10.6 Å². The van der Waals surface area contributed by atoms with Gasteiger partial charge < -0.3 is 15.0 Å². The molecule has 0 saturated carbocycles. The van der Waals surface area contributed by atoms with Gasteiger partial charge in [0.2, 0.25) is 15.9 Å². The van der Waals surface area contributed by atoms with Crippen molar-refractivity contribution in [2.24, 2.45) is 5.92 Å². The van der Waals surface area contributed by atoms with Gasteiger partial charge in [-0.2, -0.15) is 4.31 Å². The number of carbonyl (C=O) groups excluding carboxylic acids is 2. The van der Waals surface area contributed by atoms with Crippen LogP contribution >= 0.6 is 0 Å². The average Bonchev–Trinajstić information content (AvgIpc) is 2.84. The molecule has 2 amide bonds. The van der Waals surface area contributed by atoms with Crippen LogP contribution in [0, 0.1) is 12.8 Å². The lowest BCUT2D eigenvalue weighted by atomic mass is 9.94. The number of hydrogen-bond donors (Lipinski definition) is 1. The fraction of sp³-hybridized carbons (Fsp3) is 0.440. The van der Waals surface area contributed by atoms with E-state index in [0.29, 0.717) is 56.0 Å². The number of fused-ring (bicyclic) bond motifs is 2. The number of amides is 2. The molecule has 34 heavy (non-hydrogen) atoms. The maximum Gasteiger partial charge on any atom is 0.265 e. The highest BCUT2D eigenvalue weighted by Gasteiger charge is 2.36. The number of nitrogens with zero attached hydrogens (tertiary/aromatic N) is 2. The molecule has 3 heterocycles. The molecule has 5 rings (SSSR count). The summed E-state index contributed by atoms with van der Waals surface area (Å²) in [6.07, 6.45) is 1.18. The predicted molar refractivity (Wildman–Crippen MR) is 127 cm³/mol. The molecule has 1 fully saturated rings. The Labute approximate surface area is 199 Å². The van der Waals surface area contributed by atoms with Gasteiger partial charge in [-0.15, -0.1) is 0 Å². The Bertz CT molecular complexity index is 1250. The fourth-order valence-electron chi connectivity index (χ4n) is 5.05. The second-order valence-corrected chi connectivity index (χ2v) is 11.2. The molecule has 0 aromatic heterocycles. The van der Waals surface area contributed by atoms with E-state index in [1.807, 2.05) is 17.0 Å². The van der Waals surface area contributed by atoms with Gasteiger partial charge in [-0.1, -0.05) is 24.3 Å². The number of carbonyl (C=O) groups is 2. The van der Waals surface area contributed by atoms with Gasteiger partial charge in [0, 0.05) is 38.2 Å². The molecule has 2 aromatic carbocycles. The summed E-state index contributed by atoms with van der Waals surface area (Å²) < 4.78 is 34.0. The van der Waals surface area contributed by atoms with E-state index in [0.717, 1.165) is 6.42 Å². The number of benzene rings is 2. The third-order valence-corrected chi connectivity index (χ3v) is 9.11. The van der Waals surface area contributed by atoms with Crippen LogP contribution in [-0.4, -0.2) is 55.2 Å². The van der Waals surface area contributed by atoms with Gasteiger partial charge in [-0.3, -0.25) is 9.59 Å². The lowest BCUT2D eigenvalue weighted by Crippen LogP contribution is -2.45. The maximum absolute atomic E-state index is 13.4. The zero-order valence-electron chi connectivity index (χ0n) is 19.4. The third-order valence-electron chi connectivity index (χ3n) is 7.07. The number of nitrogens with one attached hydrogen (secondary N) is 1. The summed E-state index contributed by atoms with van der Waals surface area (Å²) in [5, 5.41) is 2.75. The molecule has 0 aliphatic carbocycles. The van der Waals surface area contributed by atoms with Crippen LogP contribution in [-0.2, 0) is 32.6 Å². The van der Waals surface area contributed by atoms with Crippen LogP contribution < -0.4 is 10.1 Å². The molecule has 9 heteroatoms. The number of sulfonamides is 1.